The number of amides is 1. The van der Waals surface area contributed by atoms with E-state index >= 15 is 0 Å². The van der Waals surface area contributed by atoms with Crippen LogP contribution in [0.1, 0.15) is 42.2 Å². The average molecular weight is 575 g/mol. The van der Waals surface area contributed by atoms with E-state index in [1.54, 1.807) is 19.9 Å². The predicted octanol–water partition coefficient (Wildman–Crippen LogP) is 4.25. The highest BCUT2D eigenvalue weighted by Crippen LogP contribution is 2.36. The quantitative estimate of drug-likeness (QED) is 0.339. The molecule has 0 unspecified atom stereocenters. The van der Waals surface area contributed by atoms with Gasteiger partial charge in [-0.25, -0.2) is 23.2 Å². The Labute approximate surface area is 231 Å². The molecule has 3 heterocycles. The van der Waals surface area contributed by atoms with Crippen molar-refractivity contribution < 1.29 is 32.2 Å². The zero-order valence-corrected chi connectivity index (χ0v) is 23.5. The standard InChI is InChI=1S/C26H30N4O7S2/c1-4-37-25(32)18-6-5-7-20(13-18)30-39(33,34)21-14-19(15-27-24(21)35-3)23-16(2)28-26(38-23)29-22(31)12-17-8-10-36-11-9-17/h5-7,13-15,17,30H,4,8-12H2,1-3H3,(H,28,29,31). The van der Waals surface area contributed by atoms with Gasteiger partial charge in [-0.15, -0.1) is 0 Å². The number of methoxy groups -OCH3 is 1. The lowest BCUT2D eigenvalue weighted by Gasteiger charge is -2.20. The second-order valence-electron chi connectivity index (χ2n) is 8.88. The summed E-state index contributed by atoms with van der Waals surface area (Å²) < 4.78 is 44.8. The molecule has 0 atom stereocenters. The number of hydrogen-bond acceptors (Lipinski definition) is 10. The first-order valence-corrected chi connectivity index (χ1v) is 14.7. The molecule has 208 valence electrons. The number of carbonyl (C=O) groups is 2. The molecule has 1 aliphatic heterocycles. The second kappa shape index (κ2) is 12.5. The number of sulfonamides is 1. The highest BCUT2D eigenvalue weighted by molar-refractivity contribution is 7.92. The minimum Gasteiger partial charge on any atom is -0.480 e. The Morgan fingerprint density at radius 1 is 1.21 bits per heavy atom. The highest BCUT2D eigenvalue weighted by Gasteiger charge is 2.24. The summed E-state index contributed by atoms with van der Waals surface area (Å²) in [5.41, 5.74) is 1.50. The van der Waals surface area contributed by atoms with Gasteiger partial charge in [0.05, 0.1) is 29.9 Å². The topological polar surface area (TPSA) is 146 Å². The van der Waals surface area contributed by atoms with E-state index in [0.29, 0.717) is 40.9 Å². The van der Waals surface area contributed by atoms with Crippen LogP contribution < -0.4 is 14.8 Å². The van der Waals surface area contributed by atoms with Crippen LogP contribution in [0.3, 0.4) is 0 Å². The molecule has 2 aromatic heterocycles. The van der Waals surface area contributed by atoms with Crippen LogP contribution in [0.4, 0.5) is 10.8 Å². The van der Waals surface area contributed by atoms with E-state index in [0.717, 1.165) is 12.8 Å². The van der Waals surface area contributed by atoms with E-state index in [-0.39, 0.29) is 40.5 Å². The average Bonchev–Trinajstić information content (AvgIpc) is 3.28. The third kappa shape index (κ3) is 7.11. The van der Waals surface area contributed by atoms with Crippen LogP contribution in [-0.2, 0) is 24.3 Å². The monoisotopic (exact) mass is 574 g/mol. The number of aryl methyl sites for hydroxylation is 1. The first-order chi connectivity index (χ1) is 18.7. The smallest absolute Gasteiger partial charge is 0.338 e. The lowest BCUT2D eigenvalue weighted by atomic mass is 9.96. The molecule has 1 aromatic carbocycles. The second-order valence-corrected chi connectivity index (χ2v) is 11.5. The molecule has 39 heavy (non-hydrogen) atoms. The molecule has 13 heteroatoms. The number of nitrogens with zero attached hydrogens (tertiary/aromatic N) is 2. The summed E-state index contributed by atoms with van der Waals surface area (Å²) in [6.07, 6.45) is 3.59. The Morgan fingerprint density at radius 3 is 2.69 bits per heavy atom. The van der Waals surface area contributed by atoms with Crippen molar-refractivity contribution in [1.29, 1.82) is 0 Å². The lowest BCUT2D eigenvalue weighted by Crippen LogP contribution is -2.22. The Kier molecular flexibility index (Phi) is 9.15. The van der Waals surface area contributed by atoms with E-state index in [9.17, 15) is 18.0 Å². The molecule has 0 spiro atoms. The molecule has 0 bridgehead atoms. The SMILES string of the molecule is CCOC(=O)c1cccc(NS(=O)(=O)c2cc(-c3sc(NC(=O)CC4CCOCC4)nc3C)cnc2OC)c1. The van der Waals surface area contributed by atoms with Gasteiger partial charge in [-0.3, -0.25) is 9.52 Å². The largest absolute Gasteiger partial charge is 0.480 e. The van der Waals surface area contributed by atoms with Gasteiger partial charge in [-0.2, -0.15) is 0 Å². The van der Waals surface area contributed by atoms with Gasteiger partial charge in [-0.1, -0.05) is 17.4 Å². The number of carbonyl (C=O) groups excluding carboxylic acids is 2. The molecule has 2 N–H and O–H groups in total. The molecule has 1 fully saturated rings. The van der Waals surface area contributed by atoms with Gasteiger partial charge in [-0.05, 0) is 56.9 Å². The zero-order valence-electron chi connectivity index (χ0n) is 21.9. The summed E-state index contributed by atoms with van der Waals surface area (Å²) in [5.74, 6) is -0.494. The number of thiazole rings is 1. The fraction of sp³-hybridized carbons (Fsp3) is 0.385. The Hall–Kier alpha value is -3.55. The minimum atomic E-state index is -4.17. The number of pyridine rings is 1. The first-order valence-electron chi connectivity index (χ1n) is 12.4. The number of ether oxygens (including phenoxy) is 3. The van der Waals surface area contributed by atoms with Gasteiger partial charge >= 0.3 is 5.97 Å². The maximum absolute atomic E-state index is 13.4. The molecule has 0 aliphatic carbocycles. The molecule has 1 saturated heterocycles. The zero-order chi connectivity index (χ0) is 28.0. The Balaban J connectivity index is 1.56. The summed E-state index contributed by atoms with van der Waals surface area (Å²) in [7, 11) is -2.84. The normalized spacial score (nSPS) is 14.0. The molecular formula is C26H30N4O7S2. The fourth-order valence-corrected chi connectivity index (χ4v) is 6.30. The van der Waals surface area contributed by atoms with Crippen LogP contribution in [0.15, 0.2) is 41.4 Å². The number of nitrogens with one attached hydrogen (secondary N) is 2. The summed E-state index contributed by atoms with van der Waals surface area (Å²) in [4.78, 5) is 33.8. The molecule has 4 rings (SSSR count). The molecule has 1 aliphatic rings. The Bertz CT molecular complexity index is 1450. The van der Waals surface area contributed by atoms with Crippen molar-refractivity contribution in [3.8, 4) is 16.3 Å². The maximum atomic E-state index is 13.4. The van der Waals surface area contributed by atoms with Crippen molar-refractivity contribution in [2.45, 2.75) is 38.0 Å². The van der Waals surface area contributed by atoms with Crippen molar-refractivity contribution in [2.24, 2.45) is 5.92 Å². The van der Waals surface area contributed by atoms with E-state index in [1.165, 1.54) is 48.9 Å². The van der Waals surface area contributed by atoms with Crippen LogP contribution in [0.5, 0.6) is 5.88 Å². The number of hydrogen-bond donors (Lipinski definition) is 2. The van der Waals surface area contributed by atoms with Crippen molar-refractivity contribution in [1.82, 2.24) is 9.97 Å². The number of anilines is 2. The van der Waals surface area contributed by atoms with Crippen molar-refractivity contribution in [3.63, 3.8) is 0 Å². The van der Waals surface area contributed by atoms with Crippen LogP contribution in [0.25, 0.3) is 10.4 Å². The Morgan fingerprint density at radius 2 is 1.97 bits per heavy atom. The van der Waals surface area contributed by atoms with E-state index in [2.05, 4.69) is 20.0 Å². The van der Waals surface area contributed by atoms with Crippen LogP contribution >= 0.6 is 11.3 Å². The number of aromatic nitrogens is 2. The minimum absolute atomic E-state index is 0.0973. The van der Waals surface area contributed by atoms with Gasteiger partial charge in [0.25, 0.3) is 10.0 Å². The van der Waals surface area contributed by atoms with E-state index in [1.807, 2.05) is 0 Å². The molecule has 1 amide bonds. The summed E-state index contributed by atoms with van der Waals surface area (Å²) in [6.45, 7) is 4.99. The molecule has 0 saturated carbocycles. The van der Waals surface area contributed by atoms with Crippen LogP contribution in [0, 0.1) is 12.8 Å². The van der Waals surface area contributed by atoms with Crippen molar-refractivity contribution in [3.05, 3.63) is 47.8 Å². The first kappa shape index (κ1) is 28.5. The van der Waals surface area contributed by atoms with E-state index < -0.39 is 16.0 Å². The molecular weight excluding hydrogens is 544 g/mol. The number of rotatable bonds is 10. The maximum Gasteiger partial charge on any atom is 0.338 e. The van der Waals surface area contributed by atoms with Gasteiger partial charge in [0, 0.05) is 37.1 Å². The van der Waals surface area contributed by atoms with Gasteiger partial charge < -0.3 is 19.5 Å². The number of esters is 1. The molecule has 0 radical (unpaired) electrons. The molecule has 3 aromatic rings. The van der Waals surface area contributed by atoms with Gasteiger partial charge in [0.2, 0.25) is 11.8 Å². The summed E-state index contributed by atoms with van der Waals surface area (Å²) in [6, 6.07) is 7.44. The third-order valence-corrected chi connectivity index (χ3v) is 8.55. The van der Waals surface area contributed by atoms with Crippen molar-refractivity contribution in [2.75, 3.05) is 37.0 Å². The van der Waals surface area contributed by atoms with Crippen LogP contribution in [-0.4, -0.2) is 57.2 Å². The van der Waals surface area contributed by atoms with E-state index in [4.69, 9.17) is 14.2 Å². The predicted molar refractivity (Wildman–Crippen MR) is 147 cm³/mol. The number of benzene rings is 1. The summed E-state index contributed by atoms with van der Waals surface area (Å²) in [5, 5.41) is 3.28. The van der Waals surface area contributed by atoms with Crippen molar-refractivity contribution >= 4 is 44.1 Å². The van der Waals surface area contributed by atoms with Crippen LogP contribution in [0.2, 0.25) is 0 Å². The fourth-order valence-electron chi connectivity index (χ4n) is 4.14. The molecule has 11 nitrogen and oxygen atoms in total. The lowest BCUT2D eigenvalue weighted by molar-refractivity contribution is -0.117. The third-order valence-electron chi connectivity index (χ3n) is 6.05. The van der Waals surface area contributed by atoms with Gasteiger partial charge in [0.15, 0.2) is 5.13 Å². The highest BCUT2D eigenvalue weighted by atomic mass is 32.2. The van der Waals surface area contributed by atoms with Gasteiger partial charge in [0.1, 0.15) is 4.90 Å². The summed E-state index contributed by atoms with van der Waals surface area (Å²) >= 11 is 1.23.